The van der Waals surface area contributed by atoms with E-state index >= 15 is 0 Å². The molecule has 90 valence electrons. The topological polar surface area (TPSA) is 62.1 Å². The van der Waals surface area contributed by atoms with E-state index in [1.807, 2.05) is 11.8 Å². The zero-order valence-corrected chi connectivity index (χ0v) is 11.0. The Bertz CT molecular complexity index is 260. The average molecular weight is 257 g/mol. The lowest BCUT2D eigenvalue weighted by atomic mass is 10.5. The molecule has 0 aliphatic heterocycles. The third-order valence-corrected chi connectivity index (χ3v) is 3.07. The fourth-order valence-corrected chi connectivity index (χ4v) is 2.18. The van der Waals surface area contributed by atoms with Gasteiger partial charge in [0.15, 0.2) is 0 Å². The van der Waals surface area contributed by atoms with Crippen molar-refractivity contribution in [3.8, 4) is 0 Å². The molecule has 1 atom stereocenters. The number of hydrogen-bond acceptors (Lipinski definition) is 2. The summed E-state index contributed by atoms with van der Waals surface area (Å²) in [6, 6.07) is 0. The van der Waals surface area contributed by atoms with Crippen molar-refractivity contribution in [3.63, 3.8) is 0 Å². The standard InChI is InChI=1S/C8H18ClN2O3P/c1-4-11(7-6-9)8(3)10-15(12,13)14-5-2/h4-7H2,1-3H3,(H,12,13). The van der Waals surface area contributed by atoms with E-state index in [1.165, 1.54) is 0 Å². The fourth-order valence-electron chi connectivity index (χ4n) is 1.09. The molecule has 5 nitrogen and oxygen atoms in total. The van der Waals surface area contributed by atoms with Crippen LogP contribution in [0.25, 0.3) is 0 Å². The Morgan fingerprint density at radius 1 is 1.60 bits per heavy atom. The predicted molar refractivity (Wildman–Crippen MR) is 62.5 cm³/mol. The third kappa shape index (κ3) is 6.15. The summed E-state index contributed by atoms with van der Waals surface area (Å²) in [5.74, 6) is 0.919. The second-order valence-electron chi connectivity index (χ2n) is 2.82. The van der Waals surface area contributed by atoms with E-state index in [1.54, 1.807) is 13.8 Å². The van der Waals surface area contributed by atoms with Gasteiger partial charge in [-0.3, -0.25) is 4.52 Å². The van der Waals surface area contributed by atoms with Crippen LogP contribution in [0, 0.1) is 0 Å². The SMILES string of the molecule is CCOP(=O)(O)N=C(C)N(CC)CCCl. The lowest BCUT2D eigenvalue weighted by molar-refractivity contribution is 0.274. The first-order valence-corrected chi connectivity index (χ1v) is 6.88. The van der Waals surface area contributed by atoms with Crippen LogP contribution >= 0.6 is 19.3 Å². The Morgan fingerprint density at radius 2 is 2.20 bits per heavy atom. The Labute approximate surface area is 95.7 Å². The van der Waals surface area contributed by atoms with Gasteiger partial charge in [0.25, 0.3) is 0 Å². The van der Waals surface area contributed by atoms with Crippen LogP contribution in [-0.4, -0.2) is 41.2 Å². The quantitative estimate of drug-likeness (QED) is 0.342. The highest BCUT2D eigenvalue weighted by Crippen LogP contribution is 2.43. The molecule has 0 heterocycles. The van der Waals surface area contributed by atoms with Gasteiger partial charge in [-0.15, -0.1) is 11.6 Å². The first-order chi connectivity index (χ1) is 6.96. The number of amidine groups is 1. The van der Waals surface area contributed by atoms with Crippen LogP contribution in [-0.2, 0) is 9.09 Å². The van der Waals surface area contributed by atoms with Crippen molar-refractivity contribution < 1.29 is 14.0 Å². The smallest absolute Gasteiger partial charge is 0.359 e. The van der Waals surface area contributed by atoms with E-state index in [0.29, 0.717) is 24.8 Å². The van der Waals surface area contributed by atoms with Crippen LogP contribution in [0.5, 0.6) is 0 Å². The van der Waals surface area contributed by atoms with Gasteiger partial charge in [-0.05, 0) is 20.8 Å². The van der Waals surface area contributed by atoms with Crippen molar-refractivity contribution >= 4 is 25.2 Å². The van der Waals surface area contributed by atoms with Gasteiger partial charge in [-0.1, -0.05) is 0 Å². The molecular formula is C8H18ClN2O3P. The maximum Gasteiger partial charge on any atom is 0.452 e. The van der Waals surface area contributed by atoms with Gasteiger partial charge in [0, 0.05) is 19.0 Å². The summed E-state index contributed by atoms with van der Waals surface area (Å²) in [4.78, 5) is 11.1. The average Bonchev–Trinajstić information content (AvgIpc) is 2.12. The first-order valence-electron chi connectivity index (χ1n) is 4.81. The number of alkyl halides is 1. The highest BCUT2D eigenvalue weighted by Gasteiger charge is 2.18. The van der Waals surface area contributed by atoms with E-state index in [9.17, 15) is 9.46 Å². The molecule has 0 aromatic rings. The summed E-state index contributed by atoms with van der Waals surface area (Å²) in [6.07, 6.45) is 0. The normalized spacial score (nSPS) is 16.2. The van der Waals surface area contributed by atoms with Crippen molar-refractivity contribution in [2.75, 3.05) is 25.6 Å². The minimum absolute atomic E-state index is 0.159. The largest absolute Gasteiger partial charge is 0.452 e. The molecule has 0 saturated carbocycles. The molecule has 0 aromatic heterocycles. The third-order valence-electron chi connectivity index (χ3n) is 1.76. The van der Waals surface area contributed by atoms with Crippen LogP contribution in [0.2, 0.25) is 0 Å². The van der Waals surface area contributed by atoms with Gasteiger partial charge in [0.1, 0.15) is 5.84 Å². The minimum atomic E-state index is -3.84. The number of hydrogen-bond donors (Lipinski definition) is 1. The lowest BCUT2D eigenvalue weighted by Crippen LogP contribution is -2.30. The fraction of sp³-hybridized carbons (Fsp3) is 0.875. The number of rotatable bonds is 6. The van der Waals surface area contributed by atoms with Crippen LogP contribution in [0.3, 0.4) is 0 Å². The van der Waals surface area contributed by atoms with E-state index in [2.05, 4.69) is 9.29 Å². The minimum Gasteiger partial charge on any atom is -0.359 e. The van der Waals surface area contributed by atoms with Gasteiger partial charge < -0.3 is 9.79 Å². The van der Waals surface area contributed by atoms with E-state index in [4.69, 9.17) is 11.6 Å². The van der Waals surface area contributed by atoms with Crippen molar-refractivity contribution in [2.45, 2.75) is 20.8 Å². The molecule has 0 rings (SSSR count). The van der Waals surface area contributed by atoms with Crippen molar-refractivity contribution in [2.24, 2.45) is 4.76 Å². The van der Waals surface area contributed by atoms with E-state index < -0.39 is 7.75 Å². The molecule has 0 aromatic carbocycles. The molecule has 0 bridgehead atoms. The van der Waals surface area contributed by atoms with Crippen LogP contribution in [0.1, 0.15) is 20.8 Å². The lowest BCUT2D eigenvalue weighted by Gasteiger charge is -2.21. The maximum atomic E-state index is 11.3. The van der Waals surface area contributed by atoms with Gasteiger partial charge >= 0.3 is 7.75 Å². The van der Waals surface area contributed by atoms with Crippen LogP contribution < -0.4 is 0 Å². The van der Waals surface area contributed by atoms with Gasteiger partial charge in [0.05, 0.1) is 6.61 Å². The van der Waals surface area contributed by atoms with Crippen LogP contribution in [0.4, 0.5) is 0 Å². The first kappa shape index (κ1) is 14.9. The van der Waals surface area contributed by atoms with Gasteiger partial charge in [-0.2, -0.15) is 4.76 Å². The van der Waals surface area contributed by atoms with Crippen molar-refractivity contribution in [1.82, 2.24) is 4.90 Å². The number of halogens is 1. The molecule has 0 spiro atoms. The summed E-state index contributed by atoms with van der Waals surface area (Å²) >= 11 is 5.59. The monoisotopic (exact) mass is 256 g/mol. The van der Waals surface area contributed by atoms with Crippen LogP contribution in [0.15, 0.2) is 4.76 Å². The Hall–Kier alpha value is -0.0900. The Kier molecular flexibility index (Phi) is 7.18. The highest BCUT2D eigenvalue weighted by atomic mass is 35.5. The molecule has 0 saturated heterocycles. The Morgan fingerprint density at radius 3 is 2.60 bits per heavy atom. The zero-order chi connectivity index (χ0) is 11.9. The highest BCUT2D eigenvalue weighted by molar-refractivity contribution is 7.51. The second kappa shape index (κ2) is 7.23. The van der Waals surface area contributed by atoms with E-state index in [0.717, 1.165) is 0 Å². The second-order valence-corrected chi connectivity index (χ2v) is 4.64. The van der Waals surface area contributed by atoms with Gasteiger partial charge in [-0.25, -0.2) is 4.57 Å². The summed E-state index contributed by atoms with van der Waals surface area (Å²) in [5.41, 5.74) is 0. The molecular weight excluding hydrogens is 239 g/mol. The summed E-state index contributed by atoms with van der Waals surface area (Å²) < 4.78 is 19.6. The summed E-state index contributed by atoms with van der Waals surface area (Å²) in [7, 11) is -3.84. The molecule has 0 aliphatic rings. The summed E-state index contributed by atoms with van der Waals surface area (Å²) in [5, 5.41) is 0. The predicted octanol–water partition coefficient (Wildman–Crippen LogP) is 2.10. The van der Waals surface area contributed by atoms with Gasteiger partial charge in [0.2, 0.25) is 0 Å². The van der Waals surface area contributed by atoms with Crippen molar-refractivity contribution in [1.29, 1.82) is 0 Å². The number of nitrogens with zero attached hydrogens (tertiary/aromatic N) is 2. The molecule has 0 fully saturated rings. The molecule has 0 aliphatic carbocycles. The molecule has 1 unspecified atom stereocenters. The zero-order valence-electron chi connectivity index (χ0n) is 9.31. The maximum absolute atomic E-state index is 11.3. The summed E-state index contributed by atoms with van der Waals surface area (Å²) in [6.45, 7) is 6.68. The molecule has 0 amide bonds. The Balaban J connectivity index is 4.57. The van der Waals surface area contributed by atoms with Crippen molar-refractivity contribution in [3.05, 3.63) is 0 Å². The van der Waals surface area contributed by atoms with E-state index in [-0.39, 0.29) is 6.61 Å². The molecule has 1 N–H and O–H groups in total. The molecule has 0 radical (unpaired) electrons. The molecule has 7 heteroatoms. The molecule has 15 heavy (non-hydrogen) atoms.